The summed E-state index contributed by atoms with van der Waals surface area (Å²) < 4.78 is 13.1. The van der Waals surface area contributed by atoms with E-state index in [1.54, 1.807) is 37.2 Å². The van der Waals surface area contributed by atoms with Gasteiger partial charge in [-0.25, -0.2) is 9.67 Å². The molecule has 0 saturated carbocycles. The van der Waals surface area contributed by atoms with Crippen LogP contribution in [0.2, 0.25) is 0 Å². The predicted molar refractivity (Wildman–Crippen MR) is 109 cm³/mol. The number of aryl methyl sites for hydroxylation is 2. The molecule has 7 nitrogen and oxygen atoms in total. The number of pyridine rings is 1. The number of methoxy groups -OCH3 is 2. The number of halogens is 1. The standard InChI is InChI=1S/C20H21BrN4O3/c1-12-7-13(2)25(24-12)18-6-5-15(11-22-18)20(26)23-10-14-8-16(21)19(28-4)17(9-14)27-3/h5-9,11H,10H2,1-4H3,(H,23,26). The molecule has 2 aromatic heterocycles. The second kappa shape index (κ2) is 8.43. The fourth-order valence-electron chi connectivity index (χ4n) is 2.86. The van der Waals surface area contributed by atoms with Crippen LogP contribution in [0.15, 0.2) is 41.0 Å². The number of hydrogen-bond acceptors (Lipinski definition) is 5. The summed E-state index contributed by atoms with van der Waals surface area (Å²) in [5.41, 5.74) is 3.26. The molecule has 28 heavy (non-hydrogen) atoms. The molecule has 0 aliphatic heterocycles. The van der Waals surface area contributed by atoms with Crippen molar-refractivity contribution in [1.82, 2.24) is 20.1 Å². The van der Waals surface area contributed by atoms with Gasteiger partial charge in [-0.3, -0.25) is 4.79 Å². The summed E-state index contributed by atoms with van der Waals surface area (Å²) in [5.74, 6) is 1.67. The third-order valence-corrected chi connectivity index (χ3v) is 4.77. The van der Waals surface area contributed by atoms with Gasteiger partial charge in [0.15, 0.2) is 17.3 Å². The Hall–Kier alpha value is -2.87. The molecule has 0 atom stereocenters. The van der Waals surface area contributed by atoms with Crippen LogP contribution in [-0.2, 0) is 6.54 Å². The second-order valence-electron chi connectivity index (χ2n) is 6.24. The van der Waals surface area contributed by atoms with Crippen LogP contribution in [0.3, 0.4) is 0 Å². The molecule has 3 rings (SSSR count). The minimum Gasteiger partial charge on any atom is -0.493 e. The van der Waals surface area contributed by atoms with Gasteiger partial charge >= 0.3 is 0 Å². The van der Waals surface area contributed by atoms with Crippen LogP contribution in [0.4, 0.5) is 0 Å². The normalized spacial score (nSPS) is 10.6. The lowest BCUT2D eigenvalue weighted by molar-refractivity contribution is 0.0950. The largest absolute Gasteiger partial charge is 0.493 e. The van der Waals surface area contributed by atoms with Gasteiger partial charge in [0, 0.05) is 18.4 Å². The summed E-state index contributed by atoms with van der Waals surface area (Å²) in [4.78, 5) is 16.8. The first-order valence-electron chi connectivity index (χ1n) is 8.61. The number of nitrogens with zero attached hydrogens (tertiary/aromatic N) is 3. The van der Waals surface area contributed by atoms with E-state index >= 15 is 0 Å². The smallest absolute Gasteiger partial charge is 0.253 e. The van der Waals surface area contributed by atoms with Crippen molar-refractivity contribution < 1.29 is 14.3 Å². The molecule has 0 aliphatic carbocycles. The SMILES string of the molecule is COc1cc(CNC(=O)c2ccc(-n3nc(C)cc3C)nc2)cc(Br)c1OC. The number of carbonyl (C=O) groups excluding carboxylic acids is 1. The summed E-state index contributed by atoms with van der Waals surface area (Å²) in [6.07, 6.45) is 1.55. The van der Waals surface area contributed by atoms with Crippen LogP contribution in [0.5, 0.6) is 11.5 Å². The number of amides is 1. The molecule has 0 bridgehead atoms. The van der Waals surface area contributed by atoms with Crippen molar-refractivity contribution in [2.24, 2.45) is 0 Å². The Labute approximate surface area is 171 Å². The summed E-state index contributed by atoms with van der Waals surface area (Å²) in [7, 11) is 3.15. The Morgan fingerprint density at radius 1 is 1.18 bits per heavy atom. The van der Waals surface area contributed by atoms with Crippen molar-refractivity contribution in [3.63, 3.8) is 0 Å². The molecule has 0 aliphatic rings. The highest BCUT2D eigenvalue weighted by atomic mass is 79.9. The van der Waals surface area contributed by atoms with Gasteiger partial charge in [0.2, 0.25) is 0 Å². The van der Waals surface area contributed by atoms with E-state index in [0.29, 0.717) is 29.4 Å². The molecule has 0 unspecified atom stereocenters. The molecule has 1 N–H and O–H groups in total. The van der Waals surface area contributed by atoms with Gasteiger partial charge in [-0.05, 0) is 65.7 Å². The average molecular weight is 445 g/mol. The summed E-state index contributed by atoms with van der Waals surface area (Å²) in [6.45, 7) is 4.23. The zero-order valence-corrected chi connectivity index (χ0v) is 17.7. The molecule has 3 aromatic rings. The highest BCUT2D eigenvalue weighted by molar-refractivity contribution is 9.10. The molecule has 146 valence electrons. The molecule has 8 heteroatoms. The van der Waals surface area contributed by atoms with E-state index in [4.69, 9.17) is 9.47 Å². The van der Waals surface area contributed by atoms with Crippen molar-refractivity contribution >= 4 is 21.8 Å². The van der Waals surface area contributed by atoms with Crippen molar-refractivity contribution in [2.75, 3.05) is 14.2 Å². The molecule has 1 aromatic carbocycles. The van der Waals surface area contributed by atoms with Crippen LogP contribution >= 0.6 is 15.9 Å². The second-order valence-corrected chi connectivity index (χ2v) is 7.09. The molecule has 2 heterocycles. The van der Waals surface area contributed by atoms with Crippen LogP contribution in [-0.4, -0.2) is 34.9 Å². The molecular weight excluding hydrogens is 424 g/mol. The van der Waals surface area contributed by atoms with E-state index in [9.17, 15) is 4.79 Å². The van der Waals surface area contributed by atoms with Crippen molar-refractivity contribution in [1.29, 1.82) is 0 Å². The number of nitrogens with one attached hydrogen (secondary N) is 1. The molecular formula is C20H21BrN4O3. The summed E-state index contributed by atoms with van der Waals surface area (Å²) in [5, 5.41) is 7.28. The maximum Gasteiger partial charge on any atom is 0.253 e. The first kappa shape index (κ1) is 19.9. The maximum absolute atomic E-state index is 12.5. The topological polar surface area (TPSA) is 78.3 Å². The summed E-state index contributed by atoms with van der Waals surface area (Å²) >= 11 is 3.45. The Morgan fingerprint density at radius 2 is 1.96 bits per heavy atom. The van der Waals surface area contributed by atoms with E-state index in [2.05, 4.69) is 31.3 Å². The lowest BCUT2D eigenvalue weighted by Gasteiger charge is -2.12. The van der Waals surface area contributed by atoms with Crippen LogP contribution in [0.25, 0.3) is 5.82 Å². The highest BCUT2D eigenvalue weighted by Gasteiger charge is 2.12. The first-order chi connectivity index (χ1) is 13.4. The fraction of sp³-hybridized carbons (Fsp3) is 0.250. The molecule has 0 saturated heterocycles. The Morgan fingerprint density at radius 3 is 2.54 bits per heavy atom. The summed E-state index contributed by atoms with van der Waals surface area (Å²) in [6, 6.07) is 9.20. The monoisotopic (exact) mass is 444 g/mol. The van der Waals surface area contributed by atoms with Crippen molar-refractivity contribution in [3.8, 4) is 17.3 Å². The molecule has 0 spiro atoms. The molecule has 0 radical (unpaired) electrons. The van der Waals surface area contributed by atoms with E-state index in [1.807, 2.05) is 32.0 Å². The quantitative estimate of drug-likeness (QED) is 0.628. The van der Waals surface area contributed by atoms with E-state index in [1.165, 1.54) is 0 Å². The maximum atomic E-state index is 12.5. The van der Waals surface area contributed by atoms with Gasteiger partial charge in [0.25, 0.3) is 5.91 Å². The van der Waals surface area contributed by atoms with Gasteiger partial charge < -0.3 is 14.8 Å². The number of rotatable bonds is 6. The Kier molecular flexibility index (Phi) is 5.99. The molecule has 1 amide bonds. The highest BCUT2D eigenvalue weighted by Crippen LogP contribution is 2.36. The minimum atomic E-state index is -0.210. The lowest BCUT2D eigenvalue weighted by Crippen LogP contribution is -2.23. The number of aromatic nitrogens is 3. The van der Waals surface area contributed by atoms with Gasteiger partial charge in [-0.2, -0.15) is 5.10 Å². The number of benzene rings is 1. The zero-order chi connectivity index (χ0) is 20.3. The van der Waals surface area contributed by atoms with Crippen molar-refractivity contribution in [2.45, 2.75) is 20.4 Å². The van der Waals surface area contributed by atoms with Gasteiger partial charge in [-0.15, -0.1) is 0 Å². The predicted octanol–water partition coefficient (Wildman–Crippen LogP) is 3.59. The number of hydrogen-bond donors (Lipinski definition) is 1. The third kappa shape index (κ3) is 4.17. The minimum absolute atomic E-state index is 0.210. The van der Waals surface area contributed by atoms with Crippen LogP contribution in [0, 0.1) is 13.8 Å². The van der Waals surface area contributed by atoms with Crippen LogP contribution < -0.4 is 14.8 Å². The number of carbonyl (C=O) groups is 1. The average Bonchev–Trinajstić information content (AvgIpc) is 3.03. The molecule has 0 fully saturated rings. The third-order valence-electron chi connectivity index (χ3n) is 4.18. The van der Waals surface area contributed by atoms with Gasteiger partial charge in [0.05, 0.1) is 29.9 Å². The van der Waals surface area contributed by atoms with E-state index < -0.39 is 0 Å². The Balaban J connectivity index is 1.70. The van der Waals surface area contributed by atoms with Crippen LogP contribution in [0.1, 0.15) is 27.3 Å². The van der Waals surface area contributed by atoms with Gasteiger partial charge in [-0.1, -0.05) is 0 Å². The number of ether oxygens (including phenoxy) is 2. The van der Waals surface area contributed by atoms with E-state index in [-0.39, 0.29) is 5.91 Å². The Bertz CT molecular complexity index is 999. The first-order valence-corrected chi connectivity index (χ1v) is 9.40. The van der Waals surface area contributed by atoms with E-state index in [0.717, 1.165) is 21.4 Å². The van der Waals surface area contributed by atoms with Gasteiger partial charge in [0.1, 0.15) is 0 Å². The van der Waals surface area contributed by atoms with Crippen molar-refractivity contribution in [3.05, 3.63) is 63.5 Å². The fourth-order valence-corrected chi connectivity index (χ4v) is 3.52. The zero-order valence-electron chi connectivity index (χ0n) is 16.1. The lowest BCUT2D eigenvalue weighted by atomic mass is 10.2.